The van der Waals surface area contributed by atoms with E-state index in [0.29, 0.717) is 6.42 Å². The summed E-state index contributed by atoms with van der Waals surface area (Å²) < 4.78 is 0.813. The largest absolute Gasteiger partial charge is 1.00 e. The molecule has 1 N–H and O–H groups in total. The van der Waals surface area contributed by atoms with Gasteiger partial charge in [0.15, 0.2) is 5.78 Å². The van der Waals surface area contributed by atoms with Crippen molar-refractivity contribution >= 4 is 16.7 Å². The van der Waals surface area contributed by atoms with Crippen LogP contribution in [0, 0.1) is 6.92 Å². The number of ketones is 1. The van der Waals surface area contributed by atoms with Crippen LogP contribution in [0.3, 0.4) is 0 Å². The molecule has 2 rings (SSSR count). The molecule has 104 valence electrons. The van der Waals surface area contributed by atoms with Crippen molar-refractivity contribution in [1.82, 2.24) is 4.98 Å². The van der Waals surface area contributed by atoms with Crippen molar-refractivity contribution in [2.24, 2.45) is 0 Å². The number of nitrogens with one attached hydrogen (secondary N) is 1. The Morgan fingerprint density at radius 1 is 1.21 bits per heavy atom. The topological polar surface area (TPSA) is 32.9 Å². The van der Waals surface area contributed by atoms with Crippen molar-refractivity contribution in [1.29, 1.82) is 0 Å². The number of Topliss-reactive ketones (excluding diaryl/α,β-unsaturated/α-hetero) is 1. The highest BCUT2D eigenvalue weighted by Gasteiger charge is 2.18. The van der Waals surface area contributed by atoms with Gasteiger partial charge in [0.1, 0.15) is 0 Å². The third kappa shape index (κ3) is 3.79. The first-order valence-electron chi connectivity index (χ1n) is 6.29. The lowest BCUT2D eigenvalue weighted by molar-refractivity contribution is -0.869. The zero-order valence-electron chi connectivity index (χ0n) is 12.0. The fourth-order valence-electron chi connectivity index (χ4n) is 2.20. The minimum atomic E-state index is 0. The summed E-state index contributed by atoms with van der Waals surface area (Å²) in [5.41, 5.74) is 2.88. The molecule has 0 spiro atoms. The molecule has 4 heteroatoms. The van der Waals surface area contributed by atoms with E-state index >= 15 is 0 Å². The molecule has 0 bridgehead atoms. The second-order valence-electron chi connectivity index (χ2n) is 5.86. The number of carbonyl (C=O) groups is 1. The van der Waals surface area contributed by atoms with E-state index in [1.165, 1.54) is 0 Å². The molecule has 0 saturated carbocycles. The van der Waals surface area contributed by atoms with E-state index in [9.17, 15) is 4.79 Å². The molecule has 19 heavy (non-hydrogen) atoms. The number of benzene rings is 1. The summed E-state index contributed by atoms with van der Waals surface area (Å²) in [5, 5.41) is 1.04. The van der Waals surface area contributed by atoms with Gasteiger partial charge in [-0.05, 0) is 13.0 Å². The van der Waals surface area contributed by atoms with Gasteiger partial charge in [0.2, 0.25) is 0 Å². The molecular weight excluding hydrogens is 351 g/mol. The first-order chi connectivity index (χ1) is 8.38. The number of hydrogen-bond acceptors (Lipinski definition) is 1. The summed E-state index contributed by atoms with van der Waals surface area (Å²) >= 11 is 0. The van der Waals surface area contributed by atoms with Crippen LogP contribution in [-0.2, 0) is 0 Å². The number of para-hydroxylation sites is 1. The van der Waals surface area contributed by atoms with E-state index in [2.05, 4.69) is 26.1 Å². The molecule has 0 amide bonds. The summed E-state index contributed by atoms with van der Waals surface area (Å²) in [7, 11) is 6.32. The quantitative estimate of drug-likeness (QED) is 0.449. The monoisotopic (exact) mass is 372 g/mol. The smallest absolute Gasteiger partial charge is 0.170 e. The van der Waals surface area contributed by atoms with Gasteiger partial charge in [-0.1, -0.05) is 18.2 Å². The highest BCUT2D eigenvalue weighted by Crippen LogP contribution is 2.23. The lowest BCUT2D eigenvalue weighted by Gasteiger charge is -2.23. The number of aryl methyl sites for hydroxylation is 1. The van der Waals surface area contributed by atoms with Gasteiger partial charge in [-0.25, -0.2) is 0 Å². The molecule has 0 radical (unpaired) electrons. The molecule has 0 aliphatic carbocycles. The van der Waals surface area contributed by atoms with Crippen molar-refractivity contribution in [2.75, 3.05) is 27.7 Å². The van der Waals surface area contributed by atoms with Crippen molar-refractivity contribution in [2.45, 2.75) is 13.3 Å². The highest BCUT2D eigenvalue weighted by molar-refractivity contribution is 6.09. The fraction of sp³-hybridized carbons (Fsp3) is 0.400. The number of carbonyl (C=O) groups excluding carboxylic acids is 1. The van der Waals surface area contributed by atoms with Crippen LogP contribution in [0.4, 0.5) is 0 Å². The van der Waals surface area contributed by atoms with Crippen molar-refractivity contribution in [3.63, 3.8) is 0 Å². The number of aromatic amines is 1. The Hall–Kier alpha value is -0.880. The van der Waals surface area contributed by atoms with Gasteiger partial charge in [0, 0.05) is 22.2 Å². The zero-order chi connectivity index (χ0) is 13.3. The highest BCUT2D eigenvalue weighted by atomic mass is 127. The van der Waals surface area contributed by atoms with Gasteiger partial charge >= 0.3 is 0 Å². The van der Waals surface area contributed by atoms with Gasteiger partial charge in [0.25, 0.3) is 0 Å². The van der Waals surface area contributed by atoms with Crippen LogP contribution < -0.4 is 24.0 Å². The molecular formula is C15H21IN2O. The van der Waals surface area contributed by atoms with Gasteiger partial charge in [-0.15, -0.1) is 0 Å². The third-order valence-corrected chi connectivity index (χ3v) is 3.18. The van der Waals surface area contributed by atoms with Crippen molar-refractivity contribution < 1.29 is 33.3 Å². The normalized spacial score (nSPS) is 11.4. The number of H-pyrrole nitrogens is 1. The Morgan fingerprint density at radius 2 is 1.84 bits per heavy atom. The van der Waals surface area contributed by atoms with E-state index in [1.54, 1.807) is 0 Å². The zero-order valence-corrected chi connectivity index (χ0v) is 14.1. The van der Waals surface area contributed by atoms with Crippen LogP contribution in [0.2, 0.25) is 0 Å². The van der Waals surface area contributed by atoms with Crippen LogP contribution in [0.25, 0.3) is 10.9 Å². The molecule has 0 fully saturated rings. The SMILES string of the molecule is Cc1[nH]c2ccccc2c1C(=O)CC[N+](C)(C)C.[I-]. The number of aromatic nitrogens is 1. The van der Waals surface area contributed by atoms with E-state index in [4.69, 9.17) is 0 Å². The maximum absolute atomic E-state index is 12.4. The summed E-state index contributed by atoms with van der Waals surface area (Å²) in [6.07, 6.45) is 0.589. The molecule has 0 unspecified atom stereocenters. The Morgan fingerprint density at radius 3 is 2.47 bits per heavy atom. The molecule has 1 aromatic heterocycles. The average molecular weight is 372 g/mol. The minimum absolute atomic E-state index is 0. The van der Waals surface area contributed by atoms with Gasteiger partial charge in [0.05, 0.1) is 34.1 Å². The second kappa shape index (κ2) is 6.05. The van der Waals surface area contributed by atoms with Gasteiger partial charge in [-0.2, -0.15) is 0 Å². The number of hydrogen-bond donors (Lipinski definition) is 1. The standard InChI is InChI=1S/C15H20N2O.HI/c1-11-15(14(18)9-10-17(2,3)4)12-7-5-6-8-13(12)16-11;/h5-8H,9-10H2,1-4H3;1H. The Balaban J connectivity index is 0.00000180. The lowest BCUT2D eigenvalue weighted by atomic mass is 10.0. The average Bonchev–Trinajstić information content (AvgIpc) is 2.61. The molecule has 0 saturated heterocycles. The maximum atomic E-state index is 12.4. The van der Waals surface area contributed by atoms with Crippen molar-refractivity contribution in [3.05, 3.63) is 35.5 Å². The van der Waals surface area contributed by atoms with E-state index in [1.807, 2.05) is 31.2 Å². The van der Waals surface area contributed by atoms with Crippen LogP contribution >= 0.6 is 0 Å². The first-order valence-corrected chi connectivity index (χ1v) is 6.29. The van der Waals surface area contributed by atoms with Gasteiger partial charge in [-0.3, -0.25) is 4.79 Å². The minimum Gasteiger partial charge on any atom is -1.00 e. The van der Waals surface area contributed by atoms with E-state index in [0.717, 1.165) is 33.2 Å². The number of nitrogens with zero attached hydrogens (tertiary/aromatic N) is 1. The van der Waals surface area contributed by atoms with Gasteiger partial charge < -0.3 is 33.4 Å². The summed E-state index contributed by atoms with van der Waals surface area (Å²) in [6.45, 7) is 2.83. The summed E-state index contributed by atoms with van der Waals surface area (Å²) in [4.78, 5) is 15.6. The van der Waals surface area contributed by atoms with E-state index in [-0.39, 0.29) is 29.8 Å². The lowest BCUT2D eigenvalue weighted by Crippen LogP contribution is -3.00. The number of fused-ring (bicyclic) bond motifs is 1. The second-order valence-corrected chi connectivity index (χ2v) is 5.86. The molecule has 3 nitrogen and oxygen atoms in total. The molecule has 2 aromatic rings. The van der Waals surface area contributed by atoms with Crippen LogP contribution in [0.5, 0.6) is 0 Å². The predicted molar refractivity (Wildman–Crippen MR) is 74.9 cm³/mol. The number of quaternary nitrogens is 1. The van der Waals surface area contributed by atoms with Crippen molar-refractivity contribution in [3.8, 4) is 0 Å². The Labute approximate surface area is 131 Å². The fourth-order valence-corrected chi connectivity index (χ4v) is 2.20. The van der Waals surface area contributed by atoms with E-state index < -0.39 is 0 Å². The summed E-state index contributed by atoms with van der Waals surface area (Å²) in [5.74, 6) is 0.234. The molecule has 0 atom stereocenters. The first kappa shape index (κ1) is 16.2. The number of halogens is 1. The third-order valence-electron chi connectivity index (χ3n) is 3.18. The molecule has 0 aliphatic heterocycles. The molecule has 1 aromatic carbocycles. The maximum Gasteiger partial charge on any atom is 0.170 e. The molecule has 1 heterocycles. The Kier molecular flexibility index (Phi) is 5.15. The van der Waals surface area contributed by atoms with Crippen LogP contribution in [0.15, 0.2) is 24.3 Å². The molecule has 0 aliphatic rings. The van der Waals surface area contributed by atoms with Crippen LogP contribution in [0.1, 0.15) is 22.5 Å². The predicted octanol–water partition coefficient (Wildman–Crippen LogP) is -0.241. The van der Waals surface area contributed by atoms with Crippen LogP contribution in [-0.4, -0.2) is 42.9 Å². The number of rotatable bonds is 4. The summed E-state index contributed by atoms with van der Waals surface area (Å²) in [6, 6.07) is 7.99. The Bertz CT molecular complexity index is 581.